The number of aromatic nitrogens is 1. The van der Waals surface area contributed by atoms with Crippen molar-refractivity contribution in [2.75, 3.05) is 34.8 Å². The molecule has 0 amide bonds. The average molecular weight is 410 g/mol. The van der Waals surface area contributed by atoms with Crippen LogP contribution >= 0.6 is 12.2 Å². The van der Waals surface area contributed by atoms with E-state index in [4.69, 9.17) is 12.2 Å². The Morgan fingerprint density at radius 2 is 1.79 bits per heavy atom. The largest absolute Gasteiger partial charge is 0.372 e. The number of rotatable bonds is 5. The Kier molecular flexibility index (Phi) is 6.49. The molecule has 2 N–H and O–H groups in total. The predicted molar refractivity (Wildman–Crippen MR) is 126 cm³/mol. The minimum Gasteiger partial charge on any atom is -0.372 e. The number of pyridine rings is 1. The zero-order valence-electron chi connectivity index (χ0n) is 17.2. The number of benzene rings is 1. The summed E-state index contributed by atoms with van der Waals surface area (Å²) in [6.07, 6.45) is 8.29. The van der Waals surface area contributed by atoms with Gasteiger partial charge in [-0.15, -0.1) is 0 Å². The number of piperidine rings is 1. The number of nitrogens with zero attached hydrogens (tertiary/aromatic N) is 3. The molecule has 1 atom stereocenters. The van der Waals surface area contributed by atoms with Crippen molar-refractivity contribution >= 4 is 34.5 Å². The molecule has 0 radical (unpaired) electrons. The maximum absolute atomic E-state index is 5.46. The van der Waals surface area contributed by atoms with Gasteiger partial charge in [-0.2, -0.15) is 0 Å². The molecule has 2 fully saturated rings. The molecule has 2 saturated heterocycles. The van der Waals surface area contributed by atoms with Gasteiger partial charge in [0, 0.05) is 37.9 Å². The van der Waals surface area contributed by atoms with E-state index in [1.807, 2.05) is 6.20 Å². The molecule has 1 aromatic carbocycles. The van der Waals surface area contributed by atoms with Gasteiger partial charge < -0.3 is 20.4 Å². The zero-order valence-corrected chi connectivity index (χ0v) is 18.0. The number of thiocarbonyl (C=S) groups is 1. The molecular formula is C23H31N5S. The number of anilines is 3. The van der Waals surface area contributed by atoms with E-state index in [9.17, 15) is 0 Å². The van der Waals surface area contributed by atoms with E-state index in [2.05, 4.69) is 68.7 Å². The summed E-state index contributed by atoms with van der Waals surface area (Å²) in [5, 5.41) is 7.15. The minimum atomic E-state index is 0.564. The van der Waals surface area contributed by atoms with Crippen LogP contribution in [0.15, 0.2) is 42.6 Å². The van der Waals surface area contributed by atoms with Crippen molar-refractivity contribution in [3.8, 4) is 0 Å². The predicted octanol–water partition coefficient (Wildman–Crippen LogP) is 4.55. The summed E-state index contributed by atoms with van der Waals surface area (Å²) < 4.78 is 0. The molecule has 4 rings (SSSR count). The summed E-state index contributed by atoms with van der Waals surface area (Å²) in [6, 6.07) is 13.5. The first-order chi connectivity index (χ1) is 14.2. The second kappa shape index (κ2) is 9.44. The first kappa shape index (κ1) is 20.0. The van der Waals surface area contributed by atoms with Crippen LogP contribution in [0, 0.1) is 0 Å². The molecule has 3 heterocycles. The lowest BCUT2D eigenvalue weighted by Crippen LogP contribution is -2.37. The molecule has 2 aliphatic heterocycles. The van der Waals surface area contributed by atoms with Gasteiger partial charge in [-0.3, -0.25) is 0 Å². The van der Waals surface area contributed by atoms with E-state index in [0.717, 1.165) is 18.1 Å². The highest BCUT2D eigenvalue weighted by atomic mass is 32.1. The van der Waals surface area contributed by atoms with Gasteiger partial charge in [-0.05, 0) is 81.1 Å². The SMILES string of the molecule is C[C@H]1CCCCN1c1ccc(NC(=S)NCc2ccc(N3CCCC3)cc2)cn1. The summed E-state index contributed by atoms with van der Waals surface area (Å²) in [6.45, 7) is 6.44. The van der Waals surface area contributed by atoms with Crippen LogP contribution in [0.5, 0.6) is 0 Å². The van der Waals surface area contributed by atoms with Gasteiger partial charge in [0.1, 0.15) is 5.82 Å². The maximum atomic E-state index is 5.46. The third-order valence-corrected chi connectivity index (χ3v) is 6.21. The standard InChI is InChI=1S/C23H31N5S/c1-18-6-2-3-15-28(18)22-12-9-20(17-24-22)26-23(29)25-16-19-7-10-21(11-8-19)27-13-4-5-14-27/h7-12,17-18H,2-6,13-16H2,1H3,(H2,25,26,29)/t18-/m0/s1. The first-order valence-corrected chi connectivity index (χ1v) is 11.2. The van der Waals surface area contributed by atoms with Crippen molar-refractivity contribution in [2.45, 2.75) is 51.6 Å². The molecule has 0 aliphatic carbocycles. The maximum Gasteiger partial charge on any atom is 0.171 e. The van der Waals surface area contributed by atoms with Crippen molar-refractivity contribution in [2.24, 2.45) is 0 Å². The zero-order chi connectivity index (χ0) is 20.1. The second-order valence-electron chi connectivity index (χ2n) is 8.11. The van der Waals surface area contributed by atoms with Crippen LogP contribution in [0.2, 0.25) is 0 Å². The van der Waals surface area contributed by atoms with E-state index >= 15 is 0 Å². The van der Waals surface area contributed by atoms with E-state index in [-0.39, 0.29) is 0 Å². The fourth-order valence-electron chi connectivity index (χ4n) is 4.23. The highest BCUT2D eigenvalue weighted by Crippen LogP contribution is 2.24. The number of nitrogens with one attached hydrogen (secondary N) is 2. The van der Waals surface area contributed by atoms with Gasteiger partial charge in [0.15, 0.2) is 5.11 Å². The van der Waals surface area contributed by atoms with Gasteiger partial charge >= 0.3 is 0 Å². The van der Waals surface area contributed by atoms with Crippen LogP contribution in [-0.4, -0.2) is 35.8 Å². The Morgan fingerprint density at radius 1 is 1.03 bits per heavy atom. The normalized spacial score (nSPS) is 19.3. The molecule has 29 heavy (non-hydrogen) atoms. The summed E-state index contributed by atoms with van der Waals surface area (Å²) >= 11 is 5.46. The third kappa shape index (κ3) is 5.18. The quantitative estimate of drug-likeness (QED) is 0.707. The summed E-state index contributed by atoms with van der Waals surface area (Å²) in [7, 11) is 0. The highest BCUT2D eigenvalue weighted by Gasteiger charge is 2.19. The molecule has 2 aliphatic rings. The van der Waals surface area contributed by atoms with E-state index < -0.39 is 0 Å². The van der Waals surface area contributed by atoms with Gasteiger partial charge in [0.2, 0.25) is 0 Å². The van der Waals surface area contributed by atoms with Crippen molar-refractivity contribution in [3.05, 3.63) is 48.2 Å². The molecule has 0 bridgehead atoms. The monoisotopic (exact) mass is 409 g/mol. The Morgan fingerprint density at radius 3 is 2.48 bits per heavy atom. The van der Waals surface area contributed by atoms with Crippen molar-refractivity contribution in [3.63, 3.8) is 0 Å². The van der Waals surface area contributed by atoms with E-state index in [1.54, 1.807) is 0 Å². The molecule has 2 aromatic rings. The van der Waals surface area contributed by atoms with Crippen molar-refractivity contribution in [1.82, 2.24) is 10.3 Å². The van der Waals surface area contributed by atoms with Gasteiger partial charge in [-0.1, -0.05) is 12.1 Å². The lowest BCUT2D eigenvalue weighted by atomic mass is 10.0. The average Bonchev–Trinajstić information content (AvgIpc) is 3.29. The molecule has 0 saturated carbocycles. The molecule has 6 heteroatoms. The Balaban J connectivity index is 1.26. The Labute approximate surface area is 179 Å². The van der Waals surface area contributed by atoms with Crippen molar-refractivity contribution < 1.29 is 0 Å². The van der Waals surface area contributed by atoms with Gasteiger partial charge in [0.05, 0.1) is 11.9 Å². The molecular weight excluding hydrogens is 378 g/mol. The van der Waals surface area contributed by atoms with Gasteiger partial charge in [0.25, 0.3) is 0 Å². The van der Waals surface area contributed by atoms with Gasteiger partial charge in [-0.25, -0.2) is 4.98 Å². The molecule has 0 unspecified atom stereocenters. The molecule has 1 aromatic heterocycles. The van der Waals surface area contributed by atoms with Crippen LogP contribution < -0.4 is 20.4 Å². The second-order valence-corrected chi connectivity index (χ2v) is 8.52. The fourth-order valence-corrected chi connectivity index (χ4v) is 4.42. The van der Waals surface area contributed by atoms with E-state index in [1.165, 1.54) is 56.4 Å². The molecule has 0 spiro atoms. The lowest BCUT2D eigenvalue weighted by Gasteiger charge is -2.34. The molecule has 5 nitrogen and oxygen atoms in total. The first-order valence-electron chi connectivity index (χ1n) is 10.8. The number of hydrogen-bond acceptors (Lipinski definition) is 4. The summed E-state index contributed by atoms with van der Waals surface area (Å²) in [4.78, 5) is 9.49. The third-order valence-electron chi connectivity index (χ3n) is 5.96. The minimum absolute atomic E-state index is 0.564. The molecule has 154 valence electrons. The highest BCUT2D eigenvalue weighted by molar-refractivity contribution is 7.80. The lowest BCUT2D eigenvalue weighted by molar-refractivity contribution is 0.481. The van der Waals surface area contributed by atoms with Crippen LogP contribution in [0.1, 0.15) is 44.6 Å². The Hall–Kier alpha value is -2.34. The van der Waals surface area contributed by atoms with Crippen LogP contribution in [0.4, 0.5) is 17.2 Å². The van der Waals surface area contributed by atoms with Crippen LogP contribution in [-0.2, 0) is 6.54 Å². The van der Waals surface area contributed by atoms with Crippen LogP contribution in [0.25, 0.3) is 0 Å². The summed E-state index contributed by atoms with van der Waals surface area (Å²) in [5.74, 6) is 1.06. The van der Waals surface area contributed by atoms with Crippen LogP contribution in [0.3, 0.4) is 0 Å². The summed E-state index contributed by atoms with van der Waals surface area (Å²) in [5.41, 5.74) is 3.46. The van der Waals surface area contributed by atoms with Crippen molar-refractivity contribution in [1.29, 1.82) is 0 Å². The van der Waals surface area contributed by atoms with E-state index in [0.29, 0.717) is 17.7 Å². The number of hydrogen-bond donors (Lipinski definition) is 2. The topological polar surface area (TPSA) is 43.4 Å². The smallest absolute Gasteiger partial charge is 0.171 e. The Bertz CT molecular complexity index is 799. The fraction of sp³-hybridized carbons (Fsp3) is 0.478.